The zero-order chi connectivity index (χ0) is 20.7. The molecule has 150 valence electrons. The summed E-state index contributed by atoms with van der Waals surface area (Å²) in [7, 11) is 1.59. The lowest BCUT2D eigenvalue weighted by atomic mass is 10.2. The van der Waals surface area contributed by atoms with Gasteiger partial charge in [-0.1, -0.05) is 0 Å². The van der Waals surface area contributed by atoms with E-state index >= 15 is 0 Å². The summed E-state index contributed by atoms with van der Waals surface area (Å²) >= 11 is 1.19. The summed E-state index contributed by atoms with van der Waals surface area (Å²) in [4.78, 5) is 40.5. The third-order valence-corrected chi connectivity index (χ3v) is 4.96. The Labute approximate surface area is 167 Å². The molecule has 0 bridgehead atoms. The highest BCUT2D eigenvalue weighted by Crippen LogP contribution is 2.29. The van der Waals surface area contributed by atoms with Crippen molar-refractivity contribution in [1.29, 1.82) is 0 Å². The molecule has 0 saturated carbocycles. The summed E-state index contributed by atoms with van der Waals surface area (Å²) in [6.45, 7) is 5.04. The van der Waals surface area contributed by atoms with Gasteiger partial charge in [-0.05, 0) is 45.0 Å². The van der Waals surface area contributed by atoms with E-state index in [9.17, 15) is 14.4 Å². The van der Waals surface area contributed by atoms with Crippen molar-refractivity contribution in [3.05, 3.63) is 34.8 Å². The fourth-order valence-corrected chi connectivity index (χ4v) is 3.28. The highest BCUT2D eigenvalue weighted by atomic mass is 32.1. The minimum Gasteiger partial charge on any atom is -0.497 e. The van der Waals surface area contributed by atoms with E-state index in [1.165, 1.54) is 11.3 Å². The summed E-state index contributed by atoms with van der Waals surface area (Å²) in [5.74, 6) is -0.755. The van der Waals surface area contributed by atoms with Gasteiger partial charge in [0.05, 0.1) is 12.8 Å². The molecule has 8 nitrogen and oxygen atoms in total. The van der Waals surface area contributed by atoms with Gasteiger partial charge in [0, 0.05) is 12.1 Å². The van der Waals surface area contributed by atoms with E-state index in [4.69, 9.17) is 9.47 Å². The Morgan fingerprint density at radius 1 is 1.21 bits per heavy atom. The number of thiazole rings is 1. The minimum atomic E-state index is -0.710. The number of aromatic nitrogens is 1. The molecule has 1 heterocycles. The molecule has 0 fully saturated rings. The van der Waals surface area contributed by atoms with Crippen LogP contribution in [0.1, 0.15) is 29.2 Å². The second-order valence-electron chi connectivity index (χ2n) is 5.92. The van der Waals surface area contributed by atoms with Crippen molar-refractivity contribution in [3.8, 4) is 16.3 Å². The van der Waals surface area contributed by atoms with Crippen LogP contribution in [0.5, 0.6) is 5.75 Å². The molecule has 0 aliphatic carbocycles. The highest BCUT2D eigenvalue weighted by molar-refractivity contribution is 7.17. The molecule has 2 N–H and O–H groups in total. The van der Waals surface area contributed by atoms with Crippen LogP contribution in [0.15, 0.2) is 24.3 Å². The van der Waals surface area contributed by atoms with Crippen molar-refractivity contribution in [2.45, 2.75) is 26.8 Å². The summed E-state index contributed by atoms with van der Waals surface area (Å²) in [5.41, 5.74) is 1.37. The lowest BCUT2D eigenvalue weighted by molar-refractivity contribution is -0.130. The topological polar surface area (TPSA) is 107 Å². The van der Waals surface area contributed by atoms with Crippen LogP contribution < -0.4 is 15.4 Å². The third-order valence-electron chi connectivity index (χ3n) is 3.78. The number of nitrogens with zero attached hydrogens (tertiary/aromatic N) is 1. The number of ether oxygens (including phenoxy) is 2. The number of esters is 1. The normalized spacial score (nSPS) is 11.4. The maximum atomic E-state index is 12.3. The van der Waals surface area contributed by atoms with Crippen molar-refractivity contribution in [2.24, 2.45) is 0 Å². The first-order valence-electron chi connectivity index (χ1n) is 8.71. The first kappa shape index (κ1) is 21.4. The Morgan fingerprint density at radius 2 is 1.89 bits per heavy atom. The van der Waals surface area contributed by atoms with Gasteiger partial charge in [0.1, 0.15) is 21.7 Å². The van der Waals surface area contributed by atoms with Crippen molar-refractivity contribution in [2.75, 3.05) is 20.3 Å². The van der Waals surface area contributed by atoms with E-state index in [2.05, 4.69) is 15.6 Å². The molecular formula is C19H23N3O5S. The monoisotopic (exact) mass is 405 g/mol. The van der Waals surface area contributed by atoms with Crippen LogP contribution in [-0.2, 0) is 14.3 Å². The fraction of sp³-hybridized carbons (Fsp3) is 0.368. The summed E-state index contributed by atoms with van der Waals surface area (Å²) < 4.78 is 10.2. The summed E-state index contributed by atoms with van der Waals surface area (Å²) in [6, 6.07) is 6.61. The molecule has 1 aromatic heterocycles. The van der Waals surface area contributed by atoms with E-state index in [0.717, 1.165) is 11.3 Å². The van der Waals surface area contributed by atoms with E-state index in [-0.39, 0.29) is 5.91 Å². The zero-order valence-electron chi connectivity index (χ0n) is 16.2. The van der Waals surface area contributed by atoms with E-state index in [0.29, 0.717) is 22.1 Å². The molecule has 28 heavy (non-hydrogen) atoms. The van der Waals surface area contributed by atoms with E-state index < -0.39 is 24.5 Å². The number of hydrogen-bond donors (Lipinski definition) is 2. The van der Waals surface area contributed by atoms with Gasteiger partial charge in [-0.25, -0.2) is 9.78 Å². The van der Waals surface area contributed by atoms with Gasteiger partial charge in [0.2, 0.25) is 5.91 Å². The first-order chi connectivity index (χ1) is 13.3. The van der Waals surface area contributed by atoms with Crippen LogP contribution in [0, 0.1) is 6.92 Å². The zero-order valence-corrected chi connectivity index (χ0v) is 17.0. The number of likely N-dealkylation sites (N-methyl/N-ethyl adjacent to an activating group) is 1. The minimum absolute atomic E-state index is 0.301. The smallest absolute Gasteiger partial charge is 0.350 e. The number of benzene rings is 1. The van der Waals surface area contributed by atoms with Crippen molar-refractivity contribution >= 4 is 29.1 Å². The molecule has 2 aromatic rings. The molecule has 0 unspecified atom stereocenters. The van der Waals surface area contributed by atoms with Crippen LogP contribution >= 0.6 is 11.3 Å². The molecule has 0 saturated heterocycles. The number of hydrogen-bond acceptors (Lipinski definition) is 7. The Hall–Kier alpha value is -2.94. The van der Waals surface area contributed by atoms with E-state index in [1.54, 1.807) is 27.9 Å². The molecule has 2 rings (SSSR count). The number of rotatable bonds is 8. The van der Waals surface area contributed by atoms with Crippen molar-refractivity contribution in [3.63, 3.8) is 0 Å². The molecular weight excluding hydrogens is 382 g/mol. The molecule has 2 amide bonds. The standard InChI is InChI=1S/C19H23N3O5S/c1-5-20-17(24)12(3)21-15(23)10-27-19(25)16-11(2)22-18(28-16)13-6-8-14(26-4)9-7-13/h6-9,12H,5,10H2,1-4H3,(H,20,24)(H,21,23)/t12-/m1/s1. The maximum Gasteiger partial charge on any atom is 0.350 e. The number of methoxy groups -OCH3 is 1. The predicted molar refractivity (Wildman–Crippen MR) is 105 cm³/mol. The number of carbonyl (C=O) groups is 3. The average molecular weight is 405 g/mol. The molecule has 0 spiro atoms. The molecule has 9 heteroatoms. The lowest BCUT2D eigenvalue weighted by Gasteiger charge is -2.13. The van der Waals surface area contributed by atoms with Gasteiger partial charge in [0.25, 0.3) is 5.91 Å². The highest BCUT2D eigenvalue weighted by Gasteiger charge is 2.20. The van der Waals surface area contributed by atoms with Crippen LogP contribution in [0.3, 0.4) is 0 Å². The van der Waals surface area contributed by atoms with Crippen LogP contribution in [-0.4, -0.2) is 49.1 Å². The largest absolute Gasteiger partial charge is 0.497 e. The Balaban J connectivity index is 1.96. The van der Waals surface area contributed by atoms with Crippen molar-refractivity contribution in [1.82, 2.24) is 15.6 Å². The Kier molecular flexibility index (Phi) is 7.51. The van der Waals surface area contributed by atoms with Gasteiger partial charge in [-0.2, -0.15) is 0 Å². The number of carbonyl (C=O) groups excluding carboxylic acids is 3. The van der Waals surface area contributed by atoms with Gasteiger partial charge in [-0.15, -0.1) is 11.3 Å². The average Bonchev–Trinajstić information content (AvgIpc) is 3.08. The second-order valence-corrected chi connectivity index (χ2v) is 6.92. The molecule has 1 aromatic carbocycles. The molecule has 0 aliphatic rings. The van der Waals surface area contributed by atoms with Crippen LogP contribution in [0.25, 0.3) is 10.6 Å². The number of amides is 2. The predicted octanol–water partition coefficient (Wildman–Crippen LogP) is 1.92. The van der Waals surface area contributed by atoms with E-state index in [1.807, 2.05) is 24.3 Å². The number of nitrogens with one attached hydrogen (secondary N) is 2. The Bertz CT molecular complexity index is 848. The van der Waals surface area contributed by atoms with Crippen molar-refractivity contribution < 1.29 is 23.9 Å². The van der Waals surface area contributed by atoms with Gasteiger partial charge < -0.3 is 20.1 Å². The molecule has 1 atom stereocenters. The van der Waals surface area contributed by atoms with Gasteiger partial charge in [-0.3, -0.25) is 9.59 Å². The summed E-state index contributed by atoms with van der Waals surface area (Å²) in [5, 5.41) is 5.74. The first-order valence-corrected chi connectivity index (χ1v) is 9.53. The lowest BCUT2D eigenvalue weighted by Crippen LogP contribution is -2.46. The second kappa shape index (κ2) is 9.84. The third kappa shape index (κ3) is 5.53. The van der Waals surface area contributed by atoms with Crippen LogP contribution in [0.2, 0.25) is 0 Å². The Morgan fingerprint density at radius 3 is 2.50 bits per heavy atom. The van der Waals surface area contributed by atoms with Gasteiger partial charge in [0.15, 0.2) is 6.61 Å². The number of aryl methyl sites for hydroxylation is 1. The fourth-order valence-electron chi connectivity index (χ4n) is 2.32. The maximum absolute atomic E-state index is 12.3. The molecule has 0 aliphatic heterocycles. The quantitative estimate of drug-likeness (QED) is 0.650. The van der Waals surface area contributed by atoms with Crippen LogP contribution in [0.4, 0.5) is 0 Å². The summed E-state index contributed by atoms with van der Waals surface area (Å²) in [6.07, 6.45) is 0. The molecule has 0 radical (unpaired) electrons. The SMILES string of the molecule is CCNC(=O)[C@@H](C)NC(=O)COC(=O)c1sc(-c2ccc(OC)cc2)nc1C. The van der Waals surface area contributed by atoms with Gasteiger partial charge >= 0.3 is 5.97 Å².